The largest absolute Gasteiger partial charge is 0.338 e. The fourth-order valence-corrected chi connectivity index (χ4v) is 3.53. The summed E-state index contributed by atoms with van der Waals surface area (Å²) in [5, 5.41) is 5.05. The van der Waals surface area contributed by atoms with Gasteiger partial charge < -0.3 is 4.90 Å². The number of carbonyl (C=O) groups excluding carboxylic acids is 1. The van der Waals surface area contributed by atoms with Crippen molar-refractivity contribution in [1.29, 1.82) is 0 Å². The average Bonchev–Trinajstić information content (AvgIpc) is 3.22. The molecule has 0 spiro atoms. The second kappa shape index (κ2) is 5.84. The van der Waals surface area contributed by atoms with Crippen LogP contribution >= 0.6 is 11.6 Å². The number of carbonyl (C=O) groups is 1. The Bertz CT molecular complexity index is 838. The van der Waals surface area contributed by atoms with E-state index in [-0.39, 0.29) is 17.7 Å². The lowest BCUT2D eigenvalue weighted by Crippen LogP contribution is -2.25. The normalized spacial score (nSPS) is 22.0. The molecule has 1 atom stereocenters. The molecule has 2 aromatic rings. The van der Waals surface area contributed by atoms with E-state index in [1.165, 1.54) is 13.0 Å². The molecule has 1 amide bonds. The molecule has 1 aliphatic carbocycles. The summed E-state index contributed by atoms with van der Waals surface area (Å²) in [5.74, 6) is 0.186. The summed E-state index contributed by atoms with van der Waals surface area (Å²) in [6.07, 6.45) is 5.91. The number of halogens is 2. The highest BCUT2D eigenvalue weighted by Gasteiger charge is 2.34. The van der Waals surface area contributed by atoms with E-state index in [9.17, 15) is 9.18 Å². The zero-order valence-electron chi connectivity index (χ0n) is 13.4. The van der Waals surface area contributed by atoms with Gasteiger partial charge in [0.1, 0.15) is 5.15 Å². The van der Waals surface area contributed by atoms with Crippen LogP contribution < -0.4 is 0 Å². The number of likely N-dealkylation sites (tertiary alicyclic amines) is 1. The average molecular weight is 349 g/mol. The first-order valence-corrected chi connectivity index (χ1v) is 8.54. The topological polar surface area (TPSA) is 50.5 Å². The van der Waals surface area contributed by atoms with E-state index >= 15 is 0 Å². The molecule has 3 heterocycles. The minimum Gasteiger partial charge on any atom is -0.338 e. The van der Waals surface area contributed by atoms with Gasteiger partial charge in [-0.1, -0.05) is 11.6 Å². The highest BCUT2D eigenvalue weighted by atomic mass is 35.5. The minimum atomic E-state index is -0.238. The van der Waals surface area contributed by atoms with Crippen molar-refractivity contribution in [2.24, 2.45) is 5.92 Å². The number of nitrogens with zero attached hydrogens (tertiary/aromatic N) is 4. The Hall–Kier alpha value is -1.95. The van der Waals surface area contributed by atoms with Crippen LogP contribution in [0.1, 0.15) is 43.4 Å². The van der Waals surface area contributed by atoms with E-state index in [1.807, 2.05) is 0 Å². The summed E-state index contributed by atoms with van der Waals surface area (Å²) < 4.78 is 14.8. The van der Waals surface area contributed by atoms with E-state index in [4.69, 9.17) is 11.6 Å². The van der Waals surface area contributed by atoms with Gasteiger partial charge in [0.05, 0.1) is 18.1 Å². The van der Waals surface area contributed by atoms with Gasteiger partial charge in [0.25, 0.3) is 0 Å². The monoisotopic (exact) mass is 348 g/mol. The predicted octanol–water partition coefficient (Wildman–Crippen LogP) is 3.48. The molecule has 2 aromatic heterocycles. The third-order valence-corrected chi connectivity index (χ3v) is 4.81. The second-order valence-electron chi connectivity index (χ2n) is 6.65. The summed E-state index contributed by atoms with van der Waals surface area (Å²) in [4.78, 5) is 18.5. The maximum Gasteiger partial charge on any atom is 0.223 e. The zero-order chi connectivity index (χ0) is 16.8. The highest BCUT2D eigenvalue weighted by molar-refractivity contribution is 6.29. The molecule has 5 nitrogen and oxygen atoms in total. The van der Waals surface area contributed by atoms with Crippen molar-refractivity contribution >= 4 is 23.2 Å². The Morgan fingerprint density at radius 2 is 2.29 bits per heavy atom. The Kier molecular flexibility index (Phi) is 3.79. The quantitative estimate of drug-likeness (QED) is 0.795. The van der Waals surface area contributed by atoms with Gasteiger partial charge in [0.15, 0.2) is 5.65 Å². The molecule has 1 saturated heterocycles. The van der Waals surface area contributed by atoms with E-state index in [0.717, 1.165) is 24.1 Å². The fraction of sp³-hybridized carbons (Fsp3) is 0.471. The van der Waals surface area contributed by atoms with Crippen molar-refractivity contribution in [3.8, 4) is 0 Å². The fourth-order valence-electron chi connectivity index (χ4n) is 3.39. The first-order chi connectivity index (χ1) is 11.5. The number of hydrogen-bond acceptors (Lipinski definition) is 3. The Morgan fingerprint density at radius 1 is 1.50 bits per heavy atom. The van der Waals surface area contributed by atoms with Crippen molar-refractivity contribution < 1.29 is 9.18 Å². The van der Waals surface area contributed by atoms with Gasteiger partial charge >= 0.3 is 0 Å². The second-order valence-corrected chi connectivity index (χ2v) is 7.04. The zero-order valence-corrected chi connectivity index (χ0v) is 14.1. The van der Waals surface area contributed by atoms with Crippen LogP contribution in [-0.4, -0.2) is 31.9 Å². The lowest BCUT2D eigenvalue weighted by Gasteiger charge is -2.16. The molecule has 0 aromatic carbocycles. The smallest absolute Gasteiger partial charge is 0.223 e. The van der Waals surface area contributed by atoms with Gasteiger partial charge in [-0.05, 0) is 31.9 Å². The van der Waals surface area contributed by atoms with Crippen LogP contribution in [0.5, 0.6) is 0 Å². The molecule has 1 unspecified atom stereocenters. The molecule has 1 aliphatic heterocycles. The van der Waals surface area contributed by atoms with Gasteiger partial charge in [0.2, 0.25) is 5.91 Å². The molecule has 24 heavy (non-hydrogen) atoms. The van der Waals surface area contributed by atoms with E-state index in [1.54, 1.807) is 21.7 Å². The number of amides is 1. The van der Waals surface area contributed by atoms with Gasteiger partial charge in [-0.25, -0.2) is 13.9 Å². The molecule has 0 N–H and O–H groups in total. The third-order valence-electron chi connectivity index (χ3n) is 4.60. The number of hydrogen-bond donors (Lipinski definition) is 0. The molecule has 4 rings (SSSR count). The lowest BCUT2D eigenvalue weighted by atomic mass is 10.1. The predicted molar refractivity (Wildman–Crippen MR) is 88.4 cm³/mol. The number of rotatable bonds is 4. The molecule has 126 valence electrons. The molecular formula is C17H18ClFN4O. The molecular weight excluding hydrogens is 331 g/mol. The Balaban J connectivity index is 1.66. The first kappa shape index (κ1) is 15.6. The van der Waals surface area contributed by atoms with Gasteiger partial charge in [-0.3, -0.25) is 4.79 Å². The maximum absolute atomic E-state index is 13.1. The van der Waals surface area contributed by atoms with Crippen LogP contribution in [0.25, 0.3) is 5.65 Å². The van der Waals surface area contributed by atoms with Crippen LogP contribution in [0, 0.1) is 5.92 Å². The van der Waals surface area contributed by atoms with Crippen LogP contribution in [0.2, 0.25) is 5.15 Å². The van der Waals surface area contributed by atoms with Gasteiger partial charge in [-0.2, -0.15) is 5.10 Å². The highest BCUT2D eigenvalue weighted by Crippen LogP contribution is 2.42. The van der Waals surface area contributed by atoms with Crippen molar-refractivity contribution in [2.75, 3.05) is 6.54 Å². The summed E-state index contributed by atoms with van der Waals surface area (Å²) >= 11 is 6.04. The van der Waals surface area contributed by atoms with Crippen LogP contribution in [-0.2, 0) is 11.3 Å². The van der Waals surface area contributed by atoms with Crippen molar-refractivity contribution in [3.63, 3.8) is 0 Å². The van der Waals surface area contributed by atoms with Crippen molar-refractivity contribution in [1.82, 2.24) is 19.5 Å². The first-order valence-electron chi connectivity index (χ1n) is 8.16. The summed E-state index contributed by atoms with van der Waals surface area (Å²) in [5.41, 5.74) is 2.69. The van der Waals surface area contributed by atoms with Gasteiger partial charge in [-0.15, -0.1) is 0 Å². The molecule has 0 radical (unpaired) electrons. The van der Waals surface area contributed by atoms with E-state index in [0.29, 0.717) is 36.2 Å². The Labute approximate surface area is 144 Å². The molecule has 2 aliphatic rings. The summed E-state index contributed by atoms with van der Waals surface area (Å²) in [6, 6.07) is 1.70. The van der Waals surface area contributed by atoms with Crippen LogP contribution in [0.4, 0.5) is 4.39 Å². The van der Waals surface area contributed by atoms with E-state index in [2.05, 4.69) is 10.1 Å². The number of aromatic nitrogens is 3. The molecule has 1 saturated carbocycles. The van der Waals surface area contributed by atoms with Crippen molar-refractivity contribution in [3.05, 3.63) is 40.6 Å². The van der Waals surface area contributed by atoms with E-state index < -0.39 is 0 Å². The summed E-state index contributed by atoms with van der Waals surface area (Å²) in [6.45, 7) is 2.40. The molecule has 7 heteroatoms. The minimum absolute atomic E-state index is 0.0422. The van der Waals surface area contributed by atoms with Crippen molar-refractivity contribution in [2.45, 2.75) is 38.6 Å². The SMILES string of the molecule is C/C(F)=C\C1CC(=O)N(Cc2c(C3CC3)nn3ccc(Cl)nc23)C1. The lowest BCUT2D eigenvalue weighted by molar-refractivity contribution is -0.128. The standard InChI is InChI=1S/C17H18ClFN4O/c1-10(19)6-11-7-15(24)22(8-11)9-13-16(12-2-3-12)21-23-5-4-14(18)20-17(13)23/h4-6,11-12H,2-3,7-9H2,1H3/b10-6+. The number of allylic oxidation sites excluding steroid dienone is 1. The third kappa shape index (κ3) is 2.90. The number of fused-ring (bicyclic) bond motifs is 1. The molecule has 2 fully saturated rings. The van der Waals surface area contributed by atoms with Crippen LogP contribution in [0.3, 0.4) is 0 Å². The summed E-state index contributed by atoms with van der Waals surface area (Å²) in [7, 11) is 0. The maximum atomic E-state index is 13.1. The van der Waals surface area contributed by atoms with Crippen LogP contribution in [0.15, 0.2) is 24.2 Å². The van der Waals surface area contributed by atoms with Gasteiger partial charge in [0, 0.05) is 36.6 Å². The molecule has 0 bridgehead atoms. The Morgan fingerprint density at radius 3 is 3.00 bits per heavy atom.